The van der Waals surface area contributed by atoms with E-state index in [9.17, 15) is 4.79 Å². The van der Waals surface area contributed by atoms with E-state index in [-0.39, 0.29) is 5.91 Å². The quantitative estimate of drug-likeness (QED) is 0.851. The van der Waals surface area contributed by atoms with Crippen molar-refractivity contribution in [2.75, 3.05) is 11.9 Å². The molecule has 0 atom stereocenters. The minimum Gasteiger partial charge on any atom is -0.330 e. The van der Waals surface area contributed by atoms with Gasteiger partial charge >= 0.3 is 0 Å². The molecule has 0 bridgehead atoms. The molecule has 0 radical (unpaired) electrons. The van der Waals surface area contributed by atoms with Crippen molar-refractivity contribution in [2.24, 2.45) is 5.73 Å². The fourth-order valence-electron chi connectivity index (χ4n) is 1.42. The highest BCUT2D eigenvalue weighted by molar-refractivity contribution is 7.16. The maximum absolute atomic E-state index is 11.5. The van der Waals surface area contributed by atoms with Gasteiger partial charge in [-0.05, 0) is 31.2 Å². The molecule has 3 N–H and O–H groups in total. The lowest BCUT2D eigenvalue weighted by molar-refractivity contribution is -0.116. The topological polar surface area (TPSA) is 68.0 Å². The van der Waals surface area contributed by atoms with Gasteiger partial charge in [0.25, 0.3) is 0 Å². The molecule has 0 aliphatic carbocycles. The van der Waals surface area contributed by atoms with Crippen LogP contribution >= 0.6 is 11.3 Å². The number of rotatable bonds is 4. The fraction of sp³-hybridized carbons (Fsp3) is 0.273. The van der Waals surface area contributed by atoms with E-state index in [0.717, 1.165) is 15.9 Å². The first-order valence-corrected chi connectivity index (χ1v) is 6.01. The van der Waals surface area contributed by atoms with Crippen molar-refractivity contribution in [2.45, 2.75) is 12.8 Å². The van der Waals surface area contributed by atoms with Gasteiger partial charge in [-0.2, -0.15) is 0 Å². The summed E-state index contributed by atoms with van der Waals surface area (Å²) in [6.07, 6.45) is 1.18. The number of anilines is 1. The van der Waals surface area contributed by atoms with Crippen LogP contribution in [0.25, 0.3) is 10.2 Å². The zero-order valence-electron chi connectivity index (χ0n) is 8.77. The highest BCUT2D eigenvalue weighted by atomic mass is 32.1. The third-order valence-electron chi connectivity index (χ3n) is 2.22. The maximum atomic E-state index is 11.5. The Labute approximate surface area is 97.5 Å². The molecule has 2 rings (SSSR count). The second-order valence-corrected chi connectivity index (χ2v) is 4.36. The summed E-state index contributed by atoms with van der Waals surface area (Å²) in [7, 11) is 0. The molecule has 0 spiro atoms. The molecular weight excluding hydrogens is 222 g/mol. The number of aromatic nitrogens is 1. The number of carbonyl (C=O) groups is 1. The third-order valence-corrected chi connectivity index (χ3v) is 3.03. The summed E-state index contributed by atoms with van der Waals surface area (Å²) in [4.78, 5) is 15.7. The average Bonchev–Trinajstić information content (AvgIpc) is 2.73. The highest BCUT2D eigenvalue weighted by Gasteiger charge is 2.03. The predicted molar refractivity (Wildman–Crippen MR) is 66.5 cm³/mol. The molecule has 2 aromatic rings. The first-order valence-electron chi connectivity index (χ1n) is 5.13. The van der Waals surface area contributed by atoms with E-state index in [4.69, 9.17) is 5.73 Å². The second kappa shape index (κ2) is 5.05. The standard InChI is InChI=1S/C11H13N3OS/c12-5-1-2-11(15)14-8-3-4-10-9(6-8)13-7-16-10/h3-4,6-7H,1-2,5,12H2,(H,14,15). The summed E-state index contributed by atoms with van der Waals surface area (Å²) in [5.74, 6) is 0.0000274. The predicted octanol–water partition coefficient (Wildman–Crippen LogP) is 1.97. The lowest BCUT2D eigenvalue weighted by Crippen LogP contribution is -2.13. The van der Waals surface area contributed by atoms with Crippen LogP contribution in [0.5, 0.6) is 0 Å². The Kier molecular flexibility index (Phi) is 3.48. The number of amides is 1. The summed E-state index contributed by atoms with van der Waals surface area (Å²) in [6.45, 7) is 0.540. The minimum absolute atomic E-state index is 0.0000274. The van der Waals surface area contributed by atoms with Crippen molar-refractivity contribution < 1.29 is 4.79 Å². The summed E-state index contributed by atoms with van der Waals surface area (Å²) in [5.41, 5.74) is 8.85. The Balaban J connectivity index is 2.06. The number of nitrogens with one attached hydrogen (secondary N) is 1. The zero-order chi connectivity index (χ0) is 11.4. The second-order valence-electron chi connectivity index (χ2n) is 3.48. The van der Waals surface area contributed by atoms with Crippen molar-refractivity contribution in [1.29, 1.82) is 0 Å². The largest absolute Gasteiger partial charge is 0.330 e. The van der Waals surface area contributed by atoms with Crippen molar-refractivity contribution in [3.05, 3.63) is 23.7 Å². The Hall–Kier alpha value is -1.46. The van der Waals surface area contributed by atoms with Crippen LogP contribution in [0.3, 0.4) is 0 Å². The van der Waals surface area contributed by atoms with Gasteiger partial charge in [0.1, 0.15) is 0 Å². The van der Waals surface area contributed by atoms with Crippen molar-refractivity contribution >= 4 is 33.1 Å². The van der Waals surface area contributed by atoms with Crippen LogP contribution in [0, 0.1) is 0 Å². The Bertz CT molecular complexity index is 495. The monoisotopic (exact) mass is 235 g/mol. The van der Waals surface area contributed by atoms with Crippen LogP contribution in [-0.2, 0) is 4.79 Å². The molecule has 1 heterocycles. The molecule has 1 aromatic heterocycles. The SMILES string of the molecule is NCCCC(=O)Nc1ccc2scnc2c1. The van der Waals surface area contributed by atoms with E-state index in [2.05, 4.69) is 10.3 Å². The summed E-state index contributed by atoms with van der Waals surface area (Å²) in [6, 6.07) is 5.73. The molecule has 1 amide bonds. The van der Waals surface area contributed by atoms with Crippen molar-refractivity contribution in [3.8, 4) is 0 Å². The van der Waals surface area contributed by atoms with Gasteiger partial charge in [0.05, 0.1) is 15.7 Å². The summed E-state index contributed by atoms with van der Waals surface area (Å²) >= 11 is 1.59. The van der Waals surface area contributed by atoms with E-state index in [0.29, 0.717) is 19.4 Å². The van der Waals surface area contributed by atoms with Crippen LogP contribution in [0.4, 0.5) is 5.69 Å². The lowest BCUT2D eigenvalue weighted by Gasteiger charge is -2.04. The minimum atomic E-state index is 0.0000274. The van der Waals surface area contributed by atoms with Crippen LogP contribution in [0.15, 0.2) is 23.7 Å². The molecular formula is C11H13N3OS. The molecule has 0 unspecified atom stereocenters. The van der Waals surface area contributed by atoms with E-state index in [1.165, 1.54) is 0 Å². The number of nitrogens with two attached hydrogens (primary N) is 1. The molecule has 0 saturated heterocycles. The number of thiazole rings is 1. The summed E-state index contributed by atoms with van der Waals surface area (Å²) in [5, 5.41) is 2.83. The third kappa shape index (κ3) is 2.56. The van der Waals surface area contributed by atoms with E-state index < -0.39 is 0 Å². The molecule has 0 aliphatic rings. The molecule has 4 nitrogen and oxygen atoms in total. The number of hydrogen-bond acceptors (Lipinski definition) is 4. The average molecular weight is 235 g/mol. The van der Waals surface area contributed by atoms with Gasteiger partial charge in [-0.1, -0.05) is 0 Å². The smallest absolute Gasteiger partial charge is 0.224 e. The molecule has 1 aromatic carbocycles. The fourth-order valence-corrected chi connectivity index (χ4v) is 2.08. The van der Waals surface area contributed by atoms with Gasteiger partial charge in [-0.25, -0.2) is 4.98 Å². The lowest BCUT2D eigenvalue weighted by atomic mass is 10.2. The summed E-state index contributed by atoms with van der Waals surface area (Å²) < 4.78 is 1.12. The normalized spacial score (nSPS) is 10.6. The molecule has 0 saturated carbocycles. The first-order chi connectivity index (χ1) is 7.79. The van der Waals surface area contributed by atoms with E-state index >= 15 is 0 Å². The zero-order valence-corrected chi connectivity index (χ0v) is 9.59. The Morgan fingerprint density at radius 1 is 1.50 bits per heavy atom. The van der Waals surface area contributed by atoms with Crippen LogP contribution < -0.4 is 11.1 Å². The molecule has 5 heteroatoms. The number of fused-ring (bicyclic) bond motifs is 1. The van der Waals surface area contributed by atoms with Gasteiger partial charge in [-0.15, -0.1) is 11.3 Å². The van der Waals surface area contributed by atoms with Gasteiger partial charge in [0, 0.05) is 12.1 Å². The van der Waals surface area contributed by atoms with E-state index in [1.807, 2.05) is 18.2 Å². The molecule has 84 valence electrons. The molecule has 0 fully saturated rings. The molecule has 0 aliphatic heterocycles. The Morgan fingerprint density at radius 3 is 3.19 bits per heavy atom. The van der Waals surface area contributed by atoms with Crippen molar-refractivity contribution in [1.82, 2.24) is 4.98 Å². The van der Waals surface area contributed by atoms with Gasteiger partial charge in [-0.3, -0.25) is 4.79 Å². The number of benzene rings is 1. The number of carbonyl (C=O) groups excluding carboxylic acids is 1. The first kappa shape index (κ1) is 11.0. The maximum Gasteiger partial charge on any atom is 0.224 e. The van der Waals surface area contributed by atoms with Crippen molar-refractivity contribution in [3.63, 3.8) is 0 Å². The number of nitrogens with zero attached hydrogens (tertiary/aromatic N) is 1. The van der Waals surface area contributed by atoms with Gasteiger partial charge in [0.15, 0.2) is 0 Å². The number of hydrogen-bond donors (Lipinski definition) is 2. The van der Waals surface area contributed by atoms with Gasteiger partial charge < -0.3 is 11.1 Å². The highest BCUT2D eigenvalue weighted by Crippen LogP contribution is 2.21. The van der Waals surface area contributed by atoms with E-state index in [1.54, 1.807) is 16.8 Å². The van der Waals surface area contributed by atoms with Gasteiger partial charge in [0.2, 0.25) is 5.91 Å². The Morgan fingerprint density at radius 2 is 2.38 bits per heavy atom. The van der Waals surface area contributed by atoms with Crippen LogP contribution in [-0.4, -0.2) is 17.4 Å². The van der Waals surface area contributed by atoms with Crippen LogP contribution in [0.1, 0.15) is 12.8 Å². The van der Waals surface area contributed by atoms with Crippen LogP contribution in [0.2, 0.25) is 0 Å². The molecule has 16 heavy (non-hydrogen) atoms.